The highest BCUT2D eigenvalue weighted by Crippen LogP contribution is 2.38. The van der Waals surface area contributed by atoms with Gasteiger partial charge in [-0.25, -0.2) is 0 Å². The fourth-order valence-corrected chi connectivity index (χ4v) is 5.11. The molecule has 0 radical (unpaired) electrons. The number of para-hydroxylation sites is 1. The van der Waals surface area contributed by atoms with Crippen molar-refractivity contribution in [2.45, 2.75) is 46.1 Å². The molecule has 1 atom stereocenters. The van der Waals surface area contributed by atoms with E-state index in [0.29, 0.717) is 30.1 Å². The number of rotatable bonds is 7. The minimum Gasteiger partial charge on any atom is -0.494 e. The van der Waals surface area contributed by atoms with Crippen LogP contribution < -0.4 is 10.1 Å². The largest absolute Gasteiger partial charge is 0.494 e. The SMILES string of the molecule is COc1cccc2c(C(=O)NC[C@@H]3CCCC(C)(C)C3)nn(CCN3CCOCC3)c12. The van der Waals surface area contributed by atoms with Gasteiger partial charge in [0.15, 0.2) is 5.69 Å². The molecule has 0 bridgehead atoms. The molecule has 2 aliphatic rings. The molecule has 1 aliphatic heterocycles. The molecule has 0 spiro atoms. The smallest absolute Gasteiger partial charge is 0.272 e. The zero-order valence-corrected chi connectivity index (χ0v) is 19.2. The molecule has 170 valence electrons. The number of hydrogen-bond acceptors (Lipinski definition) is 5. The molecule has 1 amide bonds. The highest BCUT2D eigenvalue weighted by molar-refractivity contribution is 6.06. The predicted molar refractivity (Wildman–Crippen MR) is 122 cm³/mol. The van der Waals surface area contributed by atoms with Gasteiger partial charge in [-0.05, 0) is 36.7 Å². The van der Waals surface area contributed by atoms with Gasteiger partial charge in [0.05, 0.1) is 26.9 Å². The van der Waals surface area contributed by atoms with E-state index in [1.54, 1.807) is 7.11 Å². The van der Waals surface area contributed by atoms with E-state index in [9.17, 15) is 4.79 Å². The van der Waals surface area contributed by atoms with Gasteiger partial charge in [0.2, 0.25) is 0 Å². The average Bonchev–Trinajstić information content (AvgIpc) is 3.15. The number of morpholine rings is 1. The van der Waals surface area contributed by atoms with Crippen molar-refractivity contribution in [3.05, 3.63) is 23.9 Å². The van der Waals surface area contributed by atoms with Crippen LogP contribution in [0.15, 0.2) is 18.2 Å². The Kier molecular flexibility index (Phi) is 6.82. The Balaban J connectivity index is 1.50. The molecule has 1 aliphatic carbocycles. The van der Waals surface area contributed by atoms with Crippen LogP contribution in [-0.2, 0) is 11.3 Å². The number of nitrogens with zero attached hydrogens (tertiary/aromatic N) is 3. The summed E-state index contributed by atoms with van der Waals surface area (Å²) in [5, 5.41) is 8.76. The van der Waals surface area contributed by atoms with Gasteiger partial charge in [-0.2, -0.15) is 5.10 Å². The lowest BCUT2D eigenvalue weighted by Gasteiger charge is -2.35. The highest BCUT2D eigenvalue weighted by Gasteiger charge is 2.28. The number of amides is 1. The van der Waals surface area contributed by atoms with Crippen molar-refractivity contribution >= 4 is 16.8 Å². The molecule has 31 heavy (non-hydrogen) atoms. The van der Waals surface area contributed by atoms with Crippen molar-refractivity contribution in [3.63, 3.8) is 0 Å². The van der Waals surface area contributed by atoms with Crippen molar-refractivity contribution in [3.8, 4) is 5.75 Å². The van der Waals surface area contributed by atoms with Crippen molar-refractivity contribution in [1.29, 1.82) is 0 Å². The Labute approximate surface area is 185 Å². The van der Waals surface area contributed by atoms with E-state index >= 15 is 0 Å². The number of carbonyl (C=O) groups is 1. The highest BCUT2D eigenvalue weighted by atomic mass is 16.5. The second kappa shape index (κ2) is 9.57. The lowest BCUT2D eigenvalue weighted by atomic mass is 9.72. The third-order valence-corrected chi connectivity index (χ3v) is 6.76. The van der Waals surface area contributed by atoms with Crippen molar-refractivity contribution in [2.24, 2.45) is 11.3 Å². The Morgan fingerprint density at radius 2 is 2.10 bits per heavy atom. The molecule has 1 saturated heterocycles. The summed E-state index contributed by atoms with van der Waals surface area (Å²) < 4.78 is 13.0. The van der Waals surface area contributed by atoms with E-state index in [2.05, 4.69) is 24.1 Å². The van der Waals surface area contributed by atoms with Crippen molar-refractivity contribution in [2.75, 3.05) is 46.5 Å². The monoisotopic (exact) mass is 428 g/mol. The average molecular weight is 429 g/mol. The van der Waals surface area contributed by atoms with E-state index in [-0.39, 0.29) is 5.91 Å². The fraction of sp³-hybridized carbons (Fsp3) is 0.667. The maximum absolute atomic E-state index is 13.1. The van der Waals surface area contributed by atoms with E-state index in [1.807, 2.05) is 22.9 Å². The van der Waals surface area contributed by atoms with Gasteiger partial charge in [-0.15, -0.1) is 0 Å². The first-order chi connectivity index (χ1) is 15.0. The molecule has 4 rings (SSSR count). The second-order valence-corrected chi connectivity index (χ2v) is 9.72. The van der Waals surface area contributed by atoms with Gasteiger partial charge in [-0.1, -0.05) is 32.4 Å². The van der Waals surface area contributed by atoms with Crippen molar-refractivity contribution < 1.29 is 14.3 Å². The number of fused-ring (bicyclic) bond motifs is 1. The van der Waals surface area contributed by atoms with Gasteiger partial charge >= 0.3 is 0 Å². The Hall–Kier alpha value is -2.12. The van der Waals surface area contributed by atoms with Crippen LogP contribution in [0.4, 0.5) is 0 Å². The third kappa shape index (κ3) is 5.21. The van der Waals surface area contributed by atoms with E-state index < -0.39 is 0 Å². The van der Waals surface area contributed by atoms with Crippen LogP contribution in [0.1, 0.15) is 50.0 Å². The molecule has 1 N–H and O–H groups in total. The van der Waals surface area contributed by atoms with Crippen LogP contribution in [0.3, 0.4) is 0 Å². The molecule has 2 heterocycles. The summed E-state index contributed by atoms with van der Waals surface area (Å²) in [6, 6.07) is 5.82. The maximum atomic E-state index is 13.1. The summed E-state index contributed by atoms with van der Waals surface area (Å²) in [4.78, 5) is 15.5. The normalized spacial score (nSPS) is 21.8. The van der Waals surface area contributed by atoms with Gasteiger partial charge < -0.3 is 14.8 Å². The lowest BCUT2D eigenvalue weighted by molar-refractivity contribution is 0.0361. The van der Waals surface area contributed by atoms with Crippen LogP contribution in [0.2, 0.25) is 0 Å². The van der Waals surface area contributed by atoms with Crippen LogP contribution in [0.25, 0.3) is 10.9 Å². The van der Waals surface area contributed by atoms with Gasteiger partial charge in [0.1, 0.15) is 11.3 Å². The van der Waals surface area contributed by atoms with Crippen LogP contribution in [0, 0.1) is 11.3 Å². The van der Waals surface area contributed by atoms with Crippen molar-refractivity contribution in [1.82, 2.24) is 20.0 Å². The Morgan fingerprint density at radius 3 is 2.84 bits per heavy atom. The van der Waals surface area contributed by atoms with Gasteiger partial charge in [-0.3, -0.25) is 14.4 Å². The zero-order chi connectivity index (χ0) is 21.8. The summed E-state index contributed by atoms with van der Waals surface area (Å²) >= 11 is 0. The number of benzene rings is 1. The molecule has 7 heteroatoms. The Bertz CT molecular complexity index is 902. The number of aromatic nitrogens is 2. The number of methoxy groups -OCH3 is 1. The predicted octanol–water partition coefficient (Wildman–Crippen LogP) is 3.32. The van der Waals surface area contributed by atoms with Gasteiger partial charge in [0, 0.05) is 31.6 Å². The van der Waals surface area contributed by atoms with Crippen LogP contribution >= 0.6 is 0 Å². The summed E-state index contributed by atoms with van der Waals surface area (Å²) in [6.07, 6.45) is 4.86. The molecule has 1 aromatic heterocycles. The molecular formula is C24H36N4O3. The van der Waals surface area contributed by atoms with E-state index in [4.69, 9.17) is 14.6 Å². The molecule has 2 aromatic rings. The minimum atomic E-state index is -0.0910. The third-order valence-electron chi connectivity index (χ3n) is 6.76. The summed E-state index contributed by atoms with van der Waals surface area (Å²) in [7, 11) is 1.67. The number of carbonyl (C=O) groups excluding carboxylic acids is 1. The number of nitrogens with one attached hydrogen (secondary N) is 1. The molecule has 0 unspecified atom stereocenters. The minimum absolute atomic E-state index is 0.0910. The van der Waals surface area contributed by atoms with Crippen LogP contribution in [0.5, 0.6) is 5.75 Å². The maximum Gasteiger partial charge on any atom is 0.272 e. The lowest BCUT2D eigenvalue weighted by Crippen LogP contribution is -2.38. The molecule has 2 fully saturated rings. The summed E-state index contributed by atoms with van der Waals surface area (Å²) in [5.74, 6) is 1.20. The van der Waals surface area contributed by atoms with E-state index in [0.717, 1.165) is 55.9 Å². The molecular weight excluding hydrogens is 392 g/mol. The van der Waals surface area contributed by atoms with E-state index in [1.165, 1.54) is 19.3 Å². The summed E-state index contributed by atoms with van der Waals surface area (Å²) in [5.41, 5.74) is 1.75. The van der Waals surface area contributed by atoms with Crippen LogP contribution in [-0.4, -0.2) is 67.1 Å². The first kappa shape index (κ1) is 22.1. The summed E-state index contributed by atoms with van der Waals surface area (Å²) in [6.45, 7) is 10.4. The quantitative estimate of drug-likeness (QED) is 0.733. The first-order valence-electron chi connectivity index (χ1n) is 11.6. The molecule has 1 saturated carbocycles. The molecule has 7 nitrogen and oxygen atoms in total. The Morgan fingerprint density at radius 1 is 1.29 bits per heavy atom. The number of ether oxygens (including phenoxy) is 2. The first-order valence-corrected chi connectivity index (χ1v) is 11.6. The molecule has 1 aromatic carbocycles. The topological polar surface area (TPSA) is 68.6 Å². The fourth-order valence-electron chi connectivity index (χ4n) is 5.11. The standard InChI is InChI=1S/C24H36N4O3/c1-24(2)9-5-6-18(16-24)17-25-23(29)21-19-7-4-8-20(30-3)22(19)28(26-21)11-10-27-12-14-31-15-13-27/h4,7-8,18H,5-6,9-17H2,1-3H3,(H,25,29)/t18-/m1/s1. The second-order valence-electron chi connectivity index (χ2n) is 9.72. The zero-order valence-electron chi connectivity index (χ0n) is 19.2. The van der Waals surface area contributed by atoms with Gasteiger partial charge in [0.25, 0.3) is 5.91 Å². The number of hydrogen-bond donors (Lipinski definition) is 1.